The molecule has 1 aromatic carbocycles. The van der Waals surface area contributed by atoms with Gasteiger partial charge in [-0.3, -0.25) is 4.68 Å². The summed E-state index contributed by atoms with van der Waals surface area (Å²) in [6.07, 6.45) is 3.78. The summed E-state index contributed by atoms with van der Waals surface area (Å²) in [7, 11) is 0. The van der Waals surface area contributed by atoms with Crippen LogP contribution in [0, 0.1) is 6.92 Å². The van der Waals surface area contributed by atoms with Gasteiger partial charge in [0.1, 0.15) is 0 Å². The van der Waals surface area contributed by atoms with Crippen LogP contribution in [0.4, 0.5) is 0 Å². The van der Waals surface area contributed by atoms with Gasteiger partial charge in [0.05, 0.1) is 6.54 Å². The van der Waals surface area contributed by atoms with Crippen molar-refractivity contribution in [2.45, 2.75) is 13.5 Å². The van der Waals surface area contributed by atoms with Crippen LogP contribution in [0.25, 0.3) is 0 Å². The number of aromatic nitrogens is 2. The number of hydrogen-bond donors (Lipinski definition) is 0. The Morgan fingerprint density at radius 2 is 2.08 bits per heavy atom. The number of aryl methyl sites for hydroxylation is 1. The van der Waals surface area contributed by atoms with E-state index >= 15 is 0 Å². The van der Waals surface area contributed by atoms with Gasteiger partial charge in [-0.1, -0.05) is 24.3 Å². The summed E-state index contributed by atoms with van der Waals surface area (Å²) in [4.78, 5) is 0. The summed E-state index contributed by atoms with van der Waals surface area (Å²) in [5.74, 6) is 0. The Balaban J connectivity index is 2.24. The Morgan fingerprint density at radius 1 is 1.23 bits per heavy atom. The van der Waals surface area contributed by atoms with Gasteiger partial charge in [-0.15, -0.1) is 0 Å². The van der Waals surface area contributed by atoms with Crippen LogP contribution < -0.4 is 0 Å². The predicted molar refractivity (Wildman–Crippen MR) is 52.5 cm³/mol. The molecule has 0 aliphatic carbocycles. The van der Waals surface area contributed by atoms with Crippen molar-refractivity contribution in [3.8, 4) is 0 Å². The summed E-state index contributed by atoms with van der Waals surface area (Å²) < 4.78 is 1.93. The molecule has 1 heterocycles. The number of nitrogens with zero attached hydrogens (tertiary/aromatic N) is 2. The van der Waals surface area contributed by atoms with Crippen LogP contribution in [0.5, 0.6) is 0 Å². The van der Waals surface area contributed by atoms with Crippen LogP contribution in [0.2, 0.25) is 0 Å². The van der Waals surface area contributed by atoms with Crippen molar-refractivity contribution in [1.82, 2.24) is 9.78 Å². The standard InChI is InChI=1S/C11H12N2/c1-10-5-2-3-6-11(10)9-13-8-4-7-12-13/h2-8H,9H2,1H3. The Morgan fingerprint density at radius 3 is 2.77 bits per heavy atom. The van der Waals surface area contributed by atoms with Crippen molar-refractivity contribution in [2.24, 2.45) is 0 Å². The molecule has 0 saturated heterocycles. The number of rotatable bonds is 2. The van der Waals surface area contributed by atoms with E-state index in [1.807, 2.05) is 16.9 Å². The van der Waals surface area contributed by atoms with Crippen molar-refractivity contribution >= 4 is 0 Å². The van der Waals surface area contributed by atoms with E-state index in [1.54, 1.807) is 6.20 Å². The molecule has 0 N–H and O–H groups in total. The van der Waals surface area contributed by atoms with Gasteiger partial charge in [0.2, 0.25) is 0 Å². The molecule has 2 nitrogen and oxygen atoms in total. The van der Waals surface area contributed by atoms with Gasteiger partial charge in [-0.05, 0) is 24.1 Å². The van der Waals surface area contributed by atoms with E-state index < -0.39 is 0 Å². The van der Waals surface area contributed by atoms with E-state index in [1.165, 1.54) is 11.1 Å². The Kier molecular flexibility index (Phi) is 2.13. The lowest BCUT2D eigenvalue weighted by Crippen LogP contribution is -2.01. The fourth-order valence-corrected chi connectivity index (χ4v) is 1.36. The minimum Gasteiger partial charge on any atom is -0.268 e. The lowest BCUT2D eigenvalue weighted by Gasteiger charge is -2.04. The second-order valence-electron chi connectivity index (χ2n) is 3.13. The SMILES string of the molecule is Cc1ccccc1Cn1cccn1. The smallest absolute Gasteiger partial charge is 0.0661 e. The maximum Gasteiger partial charge on any atom is 0.0661 e. The molecule has 0 fully saturated rings. The molecule has 2 heteroatoms. The lowest BCUT2D eigenvalue weighted by atomic mass is 10.1. The molecule has 0 amide bonds. The highest BCUT2D eigenvalue weighted by molar-refractivity contribution is 5.25. The summed E-state index contributed by atoms with van der Waals surface area (Å²) in [6, 6.07) is 10.3. The van der Waals surface area contributed by atoms with Crippen LogP contribution >= 0.6 is 0 Å². The van der Waals surface area contributed by atoms with Gasteiger partial charge >= 0.3 is 0 Å². The third kappa shape index (κ3) is 1.78. The third-order valence-corrected chi connectivity index (χ3v) is 2.15. The molecule has 0 saturated carbocycles. The van der Waals surface area contributed by atoms with Crippen molar-refractivity contribution in [2.75, 3.05) is 0 Å². The first-order chi connectivity index (χ1) is 6.36. The van der Waals surface area contributed by atoms with Gasteiger partial charge in [-0.2, -0.15) is 5.10 Å². The average molecular weight is 172 g/mol. The molecule has 0 bridgehead atoms. The summed E-state index contributed by atoms with van der Waals surface area (Å²) in [5.41, 5.74) is 2.64. The molecule has 2 aromatic rings. The largest absolute Gasteiger partial charge is 0.268 e. The molecule has 1 aromatic heterocycles. The molecule has 2 rings (SSSR count). The van der Waals surface area contributed by atoms with Crippen molar-refractivity contribution in [3.63, 3.8) is 0 Å². The zero-order valence-electron chi connectivity index (χ0n) is 7.64. The highest BCUT2D eigenvalue weighted by Crippen LogP contribution is 2.07. The average Bonchev–Trinajstić information content (AvgIpc) is 2.61. The fourth-order valence-electron chi connectivity index (χ4n) is 1.36. The van der Waals surface area contributed by atoms with Crippen LogP contribution in [-0.2, 0) is 6.54 Å². The molecule has 0 radical (unpaired) electrons. The highest BCUT2D eigenvalue weighted by atomic mass is 15.3. The maximum atomic E-state index is 4.17. The van der Waals surface area contributed by atoms with E-state index in [0.717, 1.165) is 6.54 Å². The quantitative estimate of drug-likeness (QED) is 0.679. The van der Waals surface area contributed by atoms with E-state index in [9.17, 15) is 0 Å². The zero-order valence-corrected chi connectivity index (χ0v) is 7.64. The molecule has 66 valence electrons. The van der Waals surface area contributed by atoms with Crippen molar-refractivity contribution in [1.29, 1.82) is 0 Å². The molecular weight excluding hydrogens is 160 g/mol. The first kappa shape index (κ1) is 8.05. The topological polar surface area (TPSA) is 17.8 Å². The van der Waals surface area contributed by atoms with E-state index in [0.29, 0.717) is 0 Å². The molecule has 0 aliphatic heterocycles. The normalized spacial score (nSPS) is 10.2. The van der Waals surface area contributed by atoms with Crippen LogP contribution in [0.15, 0.2) is 42.7 Å². The lowest BCUT2D eigenvalue weighted by molar-refractivity contribution is 0.684. The fraction of sp³-hybridized carbons (Fsp3) is 0.182. The van der Waals surface area contributed by atoms with Gasteiger partial charge in [0.15, 0.2) is 0 Å². The van der Waals surface area contributed by atoms with Crippen LogP contribution in [-0.4, -0.2) is 9.78 Å². The zero-order chi connectivity index (χ0) is 9.10. The molecule has 0 aliphatic rings. The second kappa shape index (κ2) is 3.44. The summed E-state index contributed by atoms with van der Waals surface area (Å²) in [6.45, 7) is 2.98. The predicted octanol–water partition coefficient (Wildman–Crippen LogP) is 2.24. The number of hydrogen-bond acceptors (Lipinski definition) is 1. The first-order valence-electron chi connectivity index (χ1n) is 4.38. The molecule has 0 unspecified atom stereocenters. The van der Waals surface area contributed by atoms with Gasteiger partial charge in [-0.25, -0.2) is 0 Å². The molecule has 0 spiro atoms. The Hall–Kier alpha value is -1.57. The van der Waals surface area contributed by atoms with E-state index in [2.05, 4.69) is 36.3 Å². The summed E-state index contributed by atoms with van der Waals surface area (Å²) in [5, 5.41) is 4.17. The molecule has 13 heavy (non-hydrogen) atoms. The van der Waals surface area contributed by atoms with Gasteiger partial charge in [0, 0.05) is 12.4 Å². The van der Waals surface area contributed by atoms with E-state index in [4.69, 9.17) is 0 Å². The number of benzene rings is 1. The van der Waals surface area contributed by atoms with Crippen molar-refractivity contribution in [3.05, 3.63) is 53.9 Å². The highest BCUT2D eigenvalue weighted by Gasteiger charge is 1.97. The van der Waals surface area contributed by atoms with Crippen LogP contribution in [0.1, 0.15) is 11.1 Å². The monoisotopic (exact) mass is 172 g/mol. The molecule has 0 atom stereocenters. The second-order valence-corrected chi connectivity index (χ2v) is 3.13. The minimum absolute atomic E-state index is 0.861. The van der Waals surface area contributed by atoms with E-state index in [-0.39, 0.29) is 0 Å². The minimum atomic E-state index is 0.861. The Labute approximate surface area is 77.8 Å². The van der Waals surface area contributed by atoms with Crippen LogP contribution in [0.3, 0.4) is 0 Å². The third-order valence-electron chi connectivity index (χ3n) is 2.15. The van der Waals surface area contributed by atoms with Gasteiger partial charge in [0.25, 0.3) is 0 Å². The van der Waals surface area contributed by atoms with Gasteiger partial charge < -0.3 is 0 Å². The van der Waals surface area contributed by atoms with Crippen molar-refractivity contribution < 1.29 is 0 Å². The summed E-state index contributed by atoms with van der Waals surface area (Å²) >= 11 is 0. The molecular formula is C11H12N2. The first-order valence-corrected chi connectivity index (χ1v) is 4.38. The maximum absolute atomic E-state index is 4.17. The Bertz CT molecular complexity index is 377.